The Kier molecular flexibility index (Phi) is 6.55. The lowest BCUT2D eigenvalue weighted by molar-refractivity contribution is 0.0582. The summed E-state index contributed by atoms with van der Waals surface area (Å²) >= 11 is 6.42. The Bertz CT molecular complexity index is 1380. The van der Waals surface area contributed by atoms with Gasteiger partial charge in [-0.15, -0.1) is 11.6 Å². The van der Waals surface area contributed by atoms with Gasteiger partial charge in [-0.05, 0) is 37.8 Å². The van der Waals surface area contributed by atoms with Crippen LogP contribution in [0.5, 0.6) is 0 Å². The number of rotatable bonds is 4. The van der Waals surface area contributed by atoms with Gasteiger partial charge in [0.15, 0.2) is 0 Å². The van der Waals surface area contributed by atoms with Gasteiger partial charge in [-0.2, -0.15) is 0 Å². The van der Waals surface area contributed by atoms with E-state index in [-0.39, 0.29) is 12.0 Å². The lowest BCUT2D eigenvalue weighted by atomic mass is 9.94. The van der Waals surface area contributed by atoms with E-state index in [4.69, 9.17) is 21.3 Å². The first-order chi connectivity index (χ1) is 17.4. The van der Waals surface area contributed by atoms with Crippen LogP contribution >= 0.6 is 11.6 Å². The summed E-state index contributed by atoms with van der Waals surface area (Å²) in [4.78, 5) is 20.2. The minimum atomic E-state index is -0.595. The second kappa shape index (κ2) is 9.79. The third-order valence-electron chi connectivity index (χ3n) is 6.27. The Labute approximate surface area is 217 Å². The van der Waals surface area contributed by atoms with Crippen molar-refractivity contribution in [2.75, 3.05) is 17.3 Å². The Balaban J connectivity index is 1.74. The molecule has 1 heterocycles. The molecule has 0 aromatic heterocycles. The van der Waals surface area contributed by atoms with Gasteiger partial charge in [-0.3, -0.25) is 4.90 Å². The van der Waals surface area contributed by atoms with E-state index in [1.165, 1.54) is 0 Å². The zero-order chi connectivity index (χ0) is 25.3. The number of alkyl halides is 1. The molecule has 182 valence electrons. The minimum absolute atomic E-state index is 0.0137. The van der Waals surface area contributed by atoms with Crippen molar-refractivity contribution >= 4 is 45.6 Å². The Hall–Kier alpha value is -3.63. The number of aliphatic imine (C=N–C) groups is 1. The van der Waals surface area contributed by atoms with Gasteiger partial charge in [0.2, 0.25) is 0 Å². The van der Waals surface area contributed by atoms with Crippen molar-refractivity contribution in [3.63, 3.8) is 0 Å². The number of nitrogens with zero attached hydrogens (tertiary/aromatic N) is 2. The Morgan fingerprint density at radius 2 is 1.47 bits per heavy atom. The summed E-state index contributed by atoms with van der Waals surface area (Å²) < 4.78 is 5.75. The first kappa shape index (κ1) is 24.1. The van der Waals surface area contributed by atoms with Crippen LogP contribution in [-0.2, 0) is 4.74 Å². The average molecular weight is 497 g/mol. The number of fused-ring (bicyclic) bond motifs is 3. The van der Waals surface area contributed by atoms with Crippen LogP contribution in [0.2, 0.25) is 0 Å². The second-order valence-electron chi connectivity index (χ2n) is 10.0. The van der Waals surface area contributed by atoms with Crippen molar-refractivity contribution in [3.8, 4) is 0 Å². The molecule has 0 aliphatic carbocycles. The normalized spacial score (nSPS) is 15.0. The monoisotopic (exact) mass is 496 g/mol. The van der Waals surface area contributed by atoms with Crippen LogP contribution in [0.4, 0.5) is 16.2 Å². The van der Waals surface area contributed by atoms with E-state index in [2.05, 4.69) is 36.4 Å². The molecule has 0 fully saturated rings. The molecule has 0 spiro atoms. The van der Waals surface area contributed by atoms with Gasteiger partial charge in [0.25, 0.3) is 0 Å². The lowest BCUT2D eigenvalue weighted by Gasteiger charge is -2.25. The second-order valence-corrected chi connectivity index (χ2v) is 10.3. The molecule has 1 amide bonds. The highest BCUT2D eigenvalue weighted by molar-refractivity contribution is 6.19. The summed E-state index contributed by atoms with van der Waals surface area (Å²) in [5.41, 5.74) is 5.01. The summed E-state index contributed by atoms with van der Waals surface area (Å²) in [5.74, 6) is 0.429. The molecule has 36 heavy (non-hydrogen) atoms. The molecule has 5 heteroatoms. The van der Waals surface area contributed by atoms with Crippen molar-refractivity contribution < 1.29 is 9.53 Å². The number of anilines is 1. The number of halogens is 1. The molecule has 1 aliphatic heterocycles. The third-order valence-corrected chi connectivity index (χ3v) is 6.64. The van der Waals surface area contributed by atoms with Gasteiger partial charge in [-0.1, -0.05) is 84.9 Å². The van der Waals surface area contributed by atoms with Crippen LogP contribution in [0.15, 0.2) is 96.0 Å². The molecule has 1 aliphatic rings. The number of amides is 1. The number of carbonyl (C=O) groups excluding carboxylic acids is 1. The van der Waals surface area contributed by atoms with E-state index in [1.807, 2.05) is 75.4 Å². The van der Waals surface area contributed by atoms with Crippen molar-refractivity contribution in [3.05, 3.63) is 108 Å². The SMILES string of the molecule is CC(C)(C)OC(=O)N1C[C@H](CCl)c2c1cc(N=C(c1ccccc1)c1ccccc1)c1ccccc21. The fourth-order valence-electron chi connectivity index (χ4n) is 4.74. The molecule has 4 aromatic rings. The highest BCUT2D eigenvalue weighted by atomic mass is 35.5. The fraction of sp³-hybridized carbons (Fsp3) is 0.226. The Morgan fingerprint density at radius 1 is 0.917 bits per heavy atom. The molecular weight excluding hydrogens is 468 g/mol. The highest BCUT2D eigenvalue weighted by Gasteiger charge is 2.36. The van der Waals surface area contributed by atoms with E-state index >= 15 is 0 Å². The summed E-state index contributed by atoms with van der Waals surface area (Å²) in [7, 11) is 0. The molecule has 0 saturated heterocycles. The summed E-state index contributed by atoms with van der Waals surface area (Å²) in [6, 6.07) is 30.6. The van der Waals surface area contributed by atoms with Crippen LogP contribution in [-0.4, -0.2) is 29.8 Å². The van der Waals surface area contributed by atoms with Crippen LogP contribution in [0.1, 0.15) is 43.4 Å². The first-order valence-corrected chi connectivity index (χ1v) is 12.7. The molecule has 1 atom stereocenters. The standard InChI is InChI=1S/C31H29ClN2O2/c1-31(2,3)36-30(35)34-20-23(19-32)28-25-17-11-10-16-24(25)26(18-27(28)34)33-29(21-12-6-4-7-13-21)22-14-8-5-9-15-22/h4-18,23H,19-20H2,1-3H3/t23-/m0/s1. The predicted octanol–water partition coefficient (Wildman–Crippen LogP) is 8.09. The fourth-order valence-corrected chi connectivity index (χ4v) is 5.00. The number of hydrogen-bond donors (Lipinski definition) is 0. The van der Waals surface area contributed by atoms with Gasteiger partial charge >= 0.3 is 6.09 Å². The van der Waals surface area contributed by atoms with Crippen molar-refractivity contribution in [1.82, 2.24) is 0 Å². The average Bonchev–Trinajstić information content (AvgIpc) is 3.26. The van der Waals surface area contributed by atoms with Crippen LogP contribution in [0.25, 0.3) is 10.8 Å². The maximum atomic E-state index is 13.2. The molecule has 0 N–H and O–H groups in total. The quantitative estimate of drug-likeness (QED) is 0.211. The molecule has 4 aromatic carbocycles. The summed E-state index contributed by atoms with van der Waals surface area (Å²) in [5, 5.41) is 2.09. The van der Waals surface area contributed by atoms with Gasteiger partial charge in [0, 0.05) is 34.9 Å². The summed E-state index contributed by atoms with van der Waals surface area (Å²) in [6.07, 6.45) is -0.368. The first-order valence-electron chi connectivity index (χ1n) is 12.2. The van der Waals surface area contributed by atoms with Crippen LogP contribution in [0, 0.1) is 0 Å². The Morgan fingerprint density at radius 3 is 2.03 bits per heavy atom. The molecular formula is C31H29ClN2O2. The van der Waals surface area contributed by atoms with Gasteiger partial charge in [-0.25, -0.2) is 9.79 Å². The number of ether oxygens (including phenoxy) is 1. The van der Waals surface area contributed by atoms with E-state index in [1.54, 1.807) is 4.90 Å². The molecule has 0 unspecified atom stereocenters. The van der Waals surface area contributed by atoms with Crippen molar-refractivity contribution in [1.29, 1.82) is 0 Å². The van der Waals surface area contributed by atoms with E-state index < -0.39 is 5.60 Å². The zero-order valence-electron chi connectivity index (χ0n) is 20.7. The maximum Gasteiger partial charge on any atom is 0.414 e. The molecule has 5 rings (SSSR count). The molecule has 0 radical (unpaired) electrons. The predicted molar refractivity (Wildman–Crippen MR) is 149 cm³/mol. The van der Waals surface area contributed by atoms with Crippen molar-refractivity contribution in [2.24, 2.45) is 4.99 Å². The number of benzene rings is 4. The lowest BCUT2D eigenvalue weighted by Crippen LogP contribution is -2.36. The van der Waals surface area contributed by atoms with Gasteiger partial charge in [0.05, 0.1) is 17.1 Å². The van der Waals surface area contributed by atoms with Crippen LogP contribution in [0.3, 0.4) is 0 Å². The number of carbonyl (C=O) groups is 1. The smallest absolute Gasteiger partial charge is 0.414 e. The van der Waals surface area contributed by atoms with Gasteiger partial charge in [0.1, 0.15) is 5.60 Å². The van der Waals surface area contributed by atoms with Gasteiger partial charge < -0.3 is 4.74 Å². The van der Waals surface area contributed by atoms with E-state index in [0.29, 0.717) is 12.4 Å². The van der Waals surface area contributed by atoms with Crippen LogP contribution < -0.4 is 4.90 Å². The topological polar surface area (TPSA) is 41.9 Å². The third kappa shape index (κ3) is 4.74. The number of hydrogen-bond acceptors (Lipinski definition) is 3. The molecule has 4 nitrogen and oxygen atoms in total. The summed E-state index contributed by atoms with van der Waals surface area (Å²) in [6.45, 7) is 6.12. The highest BCUT2D eigenvalue weighted by Crippen LogP contribution is 2.46. The maximum absolute atomic E-state index is 13.2. The van der Waals surface area contributed by atoms with E-state index in [0.717, 1.165) is 44.5 Å². The zero-order valence-corrected chi connectivity index (χ0v) is 21.5. The largest absolute Gasteiger partial charge is 0.443 e. The van der Waals surface area contributed by atoms with E-state index in [9.17, 15) is 4.79 Å². The minimum Gasteiger partial charge on any atom is -0.443 e. The molecule has 0 bridgehead atoms. The molecule has 0 saturated carbocycles. The van der Waals surface area contributed by atoms with Crippen molar-refractivity contribution in [2.45, 2.75) is 32.3 Å².